The van der Waals surface area contributed by atoms with E-state index < -0.39 is 0 Å². The predicted octanol–water partition coefficient (Wildman–Crippen LogP) is 3.14. The van der Waals surface area contributed by atoms with Crippen molar-refractivity contribution in [1.29, 1.82) is 0 Å². The van der Waals surface area contributed by atoms with Gasteiger partial charge in [-0.2, -0.15) is 5.10 Å². The van der Waals surface area contributed by atoms with Crippen molar-refractivity contribution >= 4 is 23.1 Å². The summed E-state index contributed by atoms with van der Waals surface area (Å²) in [6.45, 7) is 7.96. The Balaban J connectivity index is 1.99. The van der Waals surface area contributed by atoms with Crippen molar-refractivity contribution in [2.75, 3.05) is 62.1 Å². The highest BCUT2D eigenvalue weighted by molar-refractivity contribution is 5.72. The number of nitrogens with zero attached hydrogens (tertiary/aromatic N) is 6. The smallest absolute Gasteiger partial charge is 0.160 e. The number of pyridine rings is 1. The van der Waals surface area contributed by atoms with Gasteiger partial charge in [-0.3, -0.25) is 4.68 Å². The Hall–Kier alpha value is -2.28. The molecule has 28 heavy (non-hydrogen) atoms. The zero-order valence-electron chi connectivity index (χ0n) is 18.2. The lowest BCUT2D eigenvalue weighted by Gasteiger charge is -2.31. The molecule has 2 aromatic rings. The molecule has 0 saturated heterocycles. The Labute approximate surface area is 168 Å². The van der Waals surface area contributed by atoms with Crippen LogP contribution in [-0.2, 0) is 18.2 Å². The van der Waals surface area contributed by atoms with E-state index in [-0.39, 0.29) is 0 Å². The Morgan fingerprint density at radius 2 is 2.04 bits per heavy atom. The number of aryl methyl sites for hydroxylation is 2. The minimum atomic E-state index is 0.721. The molecular weight excluding hydrogens is 352 g/mol. The molecule has 154 valence electrons. The highest BCUT2D eigenvalue weighted by Gasteiger charge is 2.29. The van der Waals surface area contributed by atoms with Gasteiger partial charge in [0.05, 0.1) is 18.5 Å². The van der Waals surface area contributed by atoms with Gasteiger partial charge in [0.25, 0.3) is 0 Å². The van der Waals surface area contributed by atoms with Gasteiger partial charge in [-0.15, -0.1) is 0 Å². The molecule has 1 aliphatic rings. The zero-order valence-corrected chi connectivity index (χ0v) is 18.2. The molecule has 0 N–H and O–H groups in total. The van der Waals surface area contributed by atoms with E-state index >= 15 is 0 Å². The van der Waals surface area contributed by atoms with Crippen LogP contribution in [0.2, 0.25) is 0 Å². The van der Waals surface area contributed by atoms with Crippen LogP contribution < -0.4 is 14.7 Å². The van der Waals surface area contributed by atoms with Crippen molar-refractivity contribution in [3.05, 3.63) is 23.4 Å². The van der Waals surface area contributed by atoms with Crippen LogP contribution in [0.25, 0.3) is 0 Å². The van der Waals surface area contributed by atoms with Crippen molar-refractivity contribution in [3.63, 3.8) is 0 Å². The van der Waals surface area contributed by atoms with Crippen molar-refractivity contribution < 1.29 is 4.74 Å². The standard InChI is InChI=1S/C21H34N6O/c1-7-10-26(12-13-28-6)21-17-9-8-11-27(20(17)23-25(21)5)18-15-22-19(24(3)4)14-16(18)2/h14-15H,7-13H2,1-6H3. The van der Waals surface area contributed by atoms with Gasteiger partial charge in [-0.05, 0) is 37.8 Å². The molecule has 3 heterocycles. The summed E-state index contributed by atoms with van der Waals surface area (Å²) in [6, 6.07) is 2.15. The largest absolute Gasteiger partial charge is 0.383 e. The number of methoxy groups -OCH3 is 1. The maximum absolute atomic E-state index is 5.34. The van der Waals surface area contributed by atoms with Gasteiger partial charge >= 0.3 is 0 Å². The summed E-state index contributed by atoms with van der Waals surface area (Å²) in [4.78, 5) is 11.4. The maximum atomic E-state index is 5.34. The number of ether oxygens (including phenoxy) is 1. The van der Waals surface area contributed by atoms with E-state index in [0.29, 0.717) is 0 Å². The Bertz CT molecular complexity index is 800. The quantitative estimate of drug-likeness (QED) is 0.695. The van der Waals surface area contributed by atoms with Crippen molar-refractivity contribution in [2.45, 2.75) is 33.1 Å². The first-order chi connectivity index (χ1) is 13.5. The molecular formula is C21H34N6O. The lowest BCUT2D eigenvalue weighted by Crippen LogP contribution is -2.31. The average molecular weight is 387 g/mol. The molecule has 0 radical (unpaired) electrons. The molecule has 0 amide bonds. The number of fused-ring (bicyclic) bond motifs is 1. The third-order valence-electron chi connectivity index (χ3n) is 5.33. The van der Waals surface area contributed by atoms with E-state index in [1.807, 2.05) is 29.9 Å². The molecule has 0 bridgehead atoms. The van der Waals surface area contributed by atoms with Crippen LogP contribution >= 0.6 is 0 Å². The predicted molar refractivity (Wildman–Crippen MR) is 116 cm³/mol. The highest BCUT2D eigenvalue weighted by atomic mass is 16.5. The summed E-state index contributed by atoms with van der Waals surface area (Å²) in [5.41, 5.74) is 3.72. The van der Waals surface area contributed by atoms with Crippen LogP contribution in [0.3, 0.4) is 0 Å². The molecule has 1 aliphatic heterocycles. The molecule has 0 unspecified atom stereocenters. The second-order valence-electron chi connectivity index (χ2n) is 7.71. The molecule has 0 aromatic carbocycles. The fourth-order valence-corrected chi connectivity index (χ4v) is 3.99. The van der Waals surface area contributed by atoms with Gasteiger partial charge in [-0.25, -0.2) is 4.98 Å². The summed E-state index contributed by atoms with van der Waals surface area (Å²) < 4.78 is 7.39. The van der Waals surface area contributed by atoms with E-state index in [0.717, 1.165) is 62.8 Å². The summed E-state index contributed by atoms with van der Waals surface area (Å²) in [6.07, 6.45) is 5.26. The summed E-state index contributed by atoms with van der Waals surface area (Å²) in [5, 5.41) is 4.94. The first kappa shape index (κ1) is 20.5. The van der Waals surface area contributed by atoms with E-state index in [9.17, 15) is 0 Å². The number of aromatic nitrogens is 3. The van der Waals surface area contributed by atoms with Crippen molar-refractivity contribution in [2.24, 2.45) is 7.05 Å². The van der Waals surface area contributed by atoms with Gasteiger partial charge in [0.2, 0.25) is 0 Å². The molecule has 0 spiro atoms. The maximum Gasteiger partial charge on any atom is 0.160 e. The average Bonchev–Trinajstić information content (AvgIpc) is 3.01. The monoisotopic (exact) mass is 386 g/mol. The summed E-state index contributed by atoms with van der Waals surface area (Å²) >= 11 is 0. The lowest BCUT2D eigenvalue weighted by molar-refractivity contribution is 0.205. The fraction of sp³-hybridized carbons (Fsp3) is 0.619. The van der Waals surface area contributed by atoms with Gasteiger partial charge in [0.1, 0.15) is 11.6 Å². The van der Waals surface area contributed by atoms with E-state index in [4.69, 9.17) is 9.84 Å². The summed E-state index contributed by atoms with van der Waals surface area (Å²) in [7, 11) is 7.86. The van der Waals surface area contributed by atoms with Crippen LogP contribution in [0.5, 0.6) is 0 Å². The van der Waals surface area contributed by atoms with Crippen LogP contribution in [-0.4, -0.2) is 62.2 Å². The molecule has 0 aliphatic carbocycles. The Morgan fingerprint density at radius 1 is 1.25 bits per heavy atom. The van der Waals surface area contributed by atoms with Crippen molar-refractivity contribution in [1.82, 2.24) is 14.8 Å². The number of hydrogen-bond donors (Lipinski definition) is 0. The zero-order chi connectivity index (χ0) is 20.3. The molecule has 7 nitrogen and oxygen atoms in total. The number of hydrogen-bond acceptors (Lipinski definition) is 6. The molecule has 0 saturated carbocycles. The third-order valence-corrected chi connectivity index (χ3v) is 5.33. The van der Waals surface area contributed by atoms with Crippen LogP contribution in [0.1, 0.15) is 30.9 Å². The van der Waals surface area contributed by atoms with Crippen LogP contribution in [0.15, 0.2) is 12.3 Å². The second kappa shape index (κ2) is 8.82. The Kier molecular flexibility index (Phi) is 6.44. The number of rotatable bonds is 8. The first-order valence-electron chi connectivity index (χ1n) is 10.2. The van der Waals surface area contributed by atoms with E-state index in [2.05, 4.69) is 41.7 Å². The van der Waals surface area contributed by atoms with Gasteiger partial charge < -0.3 is 19.4 Å². The Morgan fingerprint density at radius 3 is 2.68 bits per heavy atom. The lowest BCUT2D eigenvalue weighted by atomic mass is 10.0. The second-order valence-corrected chi connectivity index (χ2v) is 7.71. The van der Waals surface area contributed by atoms with Gasteiger partial charge in [0.15, 0.2) is 5.82 Å². The van der Waals surface area contributed by atoms with Crippen LogP contribution in [0.4, 0.5) is 23.1 Å². The minimum Gasteiger partial charge on any atom is -0.383 e. The SMILES string of the molecule is CCCN(CCOC)c1c2c(nn1C)N(c1cnc(N(C)C)cc1C)CCC2. The normalized spacial score (nSPS) is 13.6. The minimum absolute atomic E-state index is 0.721. The molecule has 2 aromatic heterocycles. The molecule has 0 atom stereocenters. The van der Waals surface area contributed by atoms with Crippen molar-refractivity contribution in [3.8, 4) is 0 Å². The number of anilines is 4. The van der Waals surface area contributed by atoms with Crippen LogP contribution in [0, 0.1) is 6.92 Å². The summed E-state index contributed by atoms with van der Waals surface area (Å²) in [5.74, 6) is 3.28. The topological polar surface area (TPSA) is 49.7 Å². The molecule has 0 fully saturated rings. The third kappa shape index (κ3) is 3.94. The first-order valence-corrected chi connectivity index (χ1v) is 10.2. The van der Waals surface area contributed by atoms with Gasteiger partial charge in [0, 0.05) is 53.5 Å². The highest BCUT2D eigenvalue weighted by Crippen LogP contribution is 2.39. The molecule has 7 heteroatoms. The van der Waals surface area contributed by atoms with E-state index in [1.54, 1.807) is 7.11 Å². The van der Waals surface area contributed by atoms with E-state index in [1.165, 1.54) is 16.9 Å². The fourth-order valence-electron chi connectivity index (χ4n) is 3.99. The van der Waals surface area contributed by atoms with Gasteiger partial charge in [-0.1, -0.05) is 6.92 Å². The molecule has 3 rings (SSSR count).